The molecule has 19 heavy (non-hydrogen) atoms. The minimum absolute atomic E-state index is 0.153. The topological polar surface area (TPSA) is 100 Å². The summed E-state index contributed by atoms with van der Waals surface area (Å²) < 4.78 is 18.1. The van der Waals surface area contributed by atoms with Gasteiger partial charge < -0.3 is 26.1 Å². The van der Waals surface area contributed by atoms with Crippen LogP contribution in [0.2, 0.25) is 0 Å². The average Bonchev–Trinajstić information content (AvgIpc) is 2.37. The Hall–Kier alpha value is -1.70. The van der Waals surface area contributed by atoms with E-state index in [1.165, 1.54) is 19.2 Å². The monoisotopic (exact) mass is 271 g/mol. The van der Waals surface area contributed by atoms with Gasteiger partial charge in [0.15, 0.2) is 5.84 Å². The molecule has 106 valence electrons. The number of rotatable bonds is 7. The van der Waals surface area contributed by atoms with E-state index < -0.39 is 11.9 Å². The zero-order valence-corrected chi connectivity index (χ0v) is 10.6. The Bertz CT molecular complexity index is 440. The number of ether oxygens (including phenoxy) is 1. The fourth-order valence-corrected chi connectivity index (χ4v) is 1.59. The molecule has 0 aliphatic rings. The van der Waals surface area contributed by atoms with Crippen LogP contribution in [0, 0.1) is 5.82 Å². The van der Waals surface area contributed by atoms with Gasteiger partial charge in [0, 0.05) is 25.8 Å². The van der Waals surface area contributed by atoms with Gasteiger partial charge in [0.25, 0.3) is 0 Å². The number of benzene rings is 1. The number of oxime groups is 1. The third-order valence-electron chi connectivity index (χ3n) is 2.43. The largest absolute Gasteiger partial charge is 0.409 e. The number of nitrogens with one attached hydrogen (secondary N) is 1. The summed E-state index contributed by atoms with van der Waals surface area (Å²) in [6, 6.07) is 4.12. The first-order valence-electron chi connectivity index (χ1n) is 5.72. The van der Waals surface area contributed by atoms with Crippen molar-refractivity contribution in [3.8, 4) is 0 Å². The molecule has 1 aromatic carbocycles. The van der Waals surface area contributed by atoms with Gasteiger partial charge >= 0.3 is 0 Å². The number of nitrogens with two attached hydrogens (primary N) is 1. The molecule has 0 spiro atoms. The van der Waals surface area contributed by atoms with Crippen LogP contribution in [-0.4, -0.2) is 42.5 Å². The molecule has 1 unspecified atom stereocenters. The molecule has 0 fully saturated rings. The van der Waals surface area contributed by atoms with Crippen LogP contribution in [0.15, 0.2) is 23.4 Å². The van der Waals surface area contributed by atoms with E-state index in [1.807, 2.05) is 0 Å². The molecule has 0 aliphatic heterocycles. The van der Waals surface area contributed by atoms with Crippen LogP contribution in [0.1, 0.15) is 11.1 Å². The molecule has 1 rings (SSSR count). The van der Waals surface area contributed by atoms with Gasteiger partial charge in [0.05, 0.1) is 12.7 Å². The Morgan fingerprint density at radius 2 is 2.26 bits per heavy atom. The fourth-order valence-electron chi connectivity index (χ4n) is 1.59. The Morgan fingerprint density at radius 3 is 2.89 bits per heavy atom. The molecule has 0 amide bonds. The van der Waals surface area contributed by atoms with Crippen LogP contribution in [0.4, 0.5) is 4.39 Å². The number of hydrogen-bond donors (Lipinski definition) is 4. The number of amidine groups is 1. The highest BCUT2D eigenvalue weighted by atomic mass is 19.1. The van der Waals surface area contributed by atoms with Crippen LogP contribution in [0.25, 0.3) is 0 Å². The molecular formula is C12H18FN3O3. The van der Waals surface area contributed by atoms with E-state index in [2.05, 4.69) is 10.5 Å². The molecule has 0 saturated carbocycles. The number of hydrogen-bond acceptors (Lipinski definition) is 5. The summed E-state index contributed by atoms with van der Waals surface area (Å²) in [7, 11) is 1.50. The number of aliphatic hydroxyl groups excluding tert-OH is 1. The Morgan fingerprint density at radius 1 is 1.53 bits per heavy atom. The number of methoxy groups -OCH3 is 1. The molecule has 0 saturated heterocycles. The molecule has 7 heteroatoms. The first kappa shape index (κ1) is 15.4. The van der Waals surface area contributed by atoms with Gasteiger partial charge in [-0.05, 0) is 23.8 Å². The van der Waals surface area contributed by atoms with Gasteiger partial charge in [0.1, 0.15) is 5.82 Å². The smallest absolute Gasteiger partial charge is 0.170 e. The average molecular weight is 271 g/mol. The fraction of sp³-hybridized carbons (Fsp3) is 0.417. The lowest BCUT2D eigenvalue weighted by atomic mass is 10.1. The predicted octanol–water partition coefficient (Wildman–Crippen LogP) is 0.0171. The van der Waals surface area contributed by atoms with Crippen molar-refractivity contribution in [2.24, 2.45) is 10.9 Å². The first-order chi connectivity index (χ1) is 9.06. The summed E-state index contributed by atoms with van der Waals surface area (Å²) in [5.74, 6) is -0.626. The molecule has 1 atom stereocenters. The van der Waals surface area contributed by atoms with Crippen LogP contribution >= 0.6 is 0 Å². The molecule has 5 N–H and O–H groups in total. The van der Waals surface area contributed by atoms with Crippen LogP contribution < -0.4 is 11.1 Å². The highest BCUT2D eigenvalue weighted by Crippen LogP contribution is 2.09. The lowest BCUT2D eigenvalue weighted by Crippen LogP contribution is -2.29. The number of aliphatic hydroxyl groups is 1. The van der Waals surface area contributed by atoms with Crippen molar-refractivity contribution in [2.45, 2.75) is 12.6 Å². The number of nitrogens with zero attached hydrogens (tertiary/aromatic N) is 1. The predicted molar refractivity (Wildman–Crippen MR) is 68.5 cm³/mol. The maximum atomic E-state index is 13.3. The normalized spacial score (nSPS) is 13.5. The van der Waals surface area contributed by atoms with Gasteiger partial charge in [-0.1, -0.05) is 5.16 Å². The van der Waals surface area contributed by atoms with Gasteiger partial charge in [-0.2, -0.15) is 0 Å². The van der Waals surface area contributed by atoms with Gasteiger partial charge in [-0.25, -0.2) is 4.39 Å². The van der Waals surface area contributed by atoms with Gasteiger partial charge in [0.2, 0.25) is 0 Å². The van der Waals surface area contributed by atoms with E-state index in [9.17, 15) is 9.50 Å². The quantitative estimate of drug-likeness (QED) is 0.242. The van der Waals surface area contributed by atoms with Crippen molar-refractivity contribution in [1.82, 2.24) is 5.32 Å². The molecule has 0 aromatic heterocycles. The Kier molecular flexibility index (Phi) is 6.20. The lowest BCUT2D eigenvalue weighted by Gasteiger charge is -2.11. The maximum Gasteiger partial charge on any atom is 0.170 e. The highest BCUT2D eigenvalue weighted by molar-refractivity contribution is 5.97. The second kappa shape index (κ2) is 7.67. The van der Waals surface area contributed by atoms with E-state index in [0.717, 1.165) is 0 Å². The summed E-state index contributed by atoms with van der Waals surface area (Å²) in [5.41, 5.74) is 6.34. The lowest BCUT2D eigenvalue weighted by molar-refractivity contribution is 0.0644. The minimum atomic E-state index is -0.623. The van der Waals surface area contributed by atoms with Crippen molar-refractivity contribution in [3.63, 3.8) is 0 Å². The Labute approximate surface area is 110 Å². The summed E-state index contributed by atoms with van der Waals surface area (Å²) in [6.45, 7) is 0.902. The van der Waals surface area contributed by atoms with Crippen LogP contribution in [-0.2, 0) is 11.3 Å². The Balaban J connectivity index is 2.61. The van der Waals surface area contributed by atoms with Gasteiger partial charge in [-0.3, -0.25) is 0 Å². The van der Waals surface area contributed by atoms with Gasteiger partial charge in [-0.15, -0.1) is 0 Å². The molecule has 1 aromatic rings. The van der Waals surface area contributed by atoms with Crippen LogP contribution in [0.5, 0.6) is 0 Å². The summed E-state index contributed by atoms with van der Waals surface area (Å²) in [6.07, 6.45) is -0.623. The van der Waals surface area contributed by atoms with Crippen molar-refractivity contribution in [3.05, 3.63) is 35.1 Å². The first-order valence-corrected chi connectivity index (χ1v) is 5.72. The van der Waals surface area contributed by atoms with E-state index in [4.69, 9.17) is 15.7 Å². The van der Waals surface area contributed by atoms with Crippen molar-refractivity contribution >= 4 is 5.84 Å². The SMILES string of the molecule is COCC(O)CNCc1cc(F)cc(/C(N)=N/O)c1. The molecule has 0 aliphatic carbocycles. The zero-order valence-electron chi connectivity index (χ0n) is 10.6. The molecule has 6 nitrogen and oxygen atoms in total. The van der Waals surface area contributed by atoms with Crippen molar-refractivity contribution in [1.29, 1.82) is 0 Å². The molecule has 0 bridgehead atoms. The molecule has 0 radical (unpaired) electrons. The van der Waals surface area contributed by atoms with E-state index in [-0.39, 0.29) is 12.4 Å². The summed E-state index contributed by atoms with van der Waals surface area (Å²) in [5, 5.41) is 23.8. The van der Waals surface area contributed by atoms with E-state index >= 15 is 0 Å². The molecular weight excluding hydrogens is 253 g/mol. The van der Waals surface area contributed by atoms with Crippen molar-refractivity contribution < 1.29 is 19.4 Å². The third-order valence-corrected chi connectivity index (χ3v) is 2.43. The highest BCUT2D eigenvalue weighted by Gasteiger charge is 2.06. The summed E-state index contributed by atoms with van der Waals surface area (Å²) >= 11 is 0. The zero-order chi connectivity index (χ0) is 14.3. The molecule has 0 heterocycles. The second-order valence-electron chi connectivity index (χ2n) is 4.07. The summed E-state index contributed by atoms with van der Waals surface area (Å²) in [4.78, 5) is 0. The maximum absolute atomic E-state index is 13.3. The standard InChI is InChI=1S/C12H18FN3O3/c1-19-7-11(17)6-15-5-8-2-9(12(14)16-18)4-10(13)3-8/h2-4,11,15,17-18H,5-7H2,1H3,(H2,14,16). The van der Waals surface area contributed by atoms with E-state index in [1.54, 1.807) is 6.07 Å². The number of halogens is 1. The van der Waals surface area contributed by atoms with Crippen LogP contribution in [0.3, 0.4) is 0 Å². The third kappa shape index (κ3) is 5.21. The van der Waals surface area contributed by atoms with Crippen molar-refractivity contribution in [2.75, 3.05) is 20.3 Å². The minimum Gasteiger partial charge on any atom is -0.409 e. The second-order valence-corrected chi connectivity index (χ2v) is 4.07. The van der Waals surface area contributed by atoms with E-state index in [0.29, 0.717) is 24.2 Å².